The Kier molecular flexibility index (Phi) is 10.1. The van der Waals surface area contributed by atoms with Crippen molar-refractivity contribution in [2.75, 3.05) is 44.2 Å². The van der Waals surface area contributed by atoms with Gasteiger partial charge in [-0.2, -0.15) is 11.8 Å². The molecule has 0 aromatic heterocycles. The first-order valence-corrected chi connectivity index (χ1v) is 12.7. The predicted octanol–water partition coefficient (Wildman–Crippen LogP) is 3.55. The number of piperidine rings is 1. The van der Waals surface area contributed by atoms with E-state index in [4.69, 9.17) is 9.73 Å². The van der Waals surface area contributed by atoms with Gasteiger partial charge in [0.05, 0.1) is 12.1 Å². The Balaban J connectivity index is 0.00000341. The molecule has 0 aromatic rings. The normalized spacial score (nSPS) is 25.2. The number of guanidine groups is 1. The number of ether oxygens (including phenoxy) is 1. The summed E-state index contributed by atoms with van der Waals surface area (Å²) >= 11 is 1.80. The number of carbonyl (C=O) groups is 1. The van der Waals surface area contributed by atoms with Crippen LogP contribution >= 0.6 is 35.7 Å². The van der Waals surface area contributed by atoms with Gasteiger partial charge in [0, 0.05) is 38.0 Å². The molecule has 1 atom stereocenters. The third-order valence-electron chi connectivity index (χ3n) is 5.93. The number of likely N-dealkylation sites (tertiary alicyclic amines) is 1. The SMILES string of the molecule is CCNC(=NCC1(O)CCSC1)N1CCC(N(CC2CC2)C(=O)OC(C)(C)C)CC1.I. The van der Waals surface area contributed by atoms with Gasteiger partial charge in [-0.15, -0.1) is 24.0 Å². The van der Waals surface area contributed by atoms with E-state index in [1.54, 1.807) is 11.8 Å². The lowest BCUT2D eigenvalue weighted by Gasteiger charge is -2.40. The average molecular weight is 569 g/mol. The topological polar surface area (TPSA) is 77.4 Å². The molecule has 0 radical (unpaired) electrons. The molecular formula is C22H41IN4O3S. The van der Waals surface area contributed by atoms with Gasteiger partial charge < -0.3 is 25.0 Å². The van der Waals surface area contributed by atoms with Crippen LogP contribution in [-0.2, 0) is 4.74 Å². The monoisotopic (exact) mass is 568 g/mol. The molecule has 1 saturated carbocycles. The Hall–Kier alpha value is -0.420. The second kappa shape index (κ2) is 11.6. The van der Waals surface area contributed by atoms with E-state index < -0.39 is 11.2 Å². The smallest absolute Gasteiger partial charge is 0.410 e. The van der Waals surface area contributed by atoms with Gasteiger partial charge in [-0.1, -0.05) is 0 Å². The zero-order valence-corrected chi connectivity index (χ0v) is 22.7. The highest BCUT2D eigenvalue weighted by Gasteiger charge is 2.36. The molecule has 3 rings (SSSR count). The van der Waals surface area contributed by atoms with Gasteiger partial charge in [0.2, 0.25) is 0 Å². The summed E-state index contributed by atoms with van der Waals surface area (Å²) in [5, 5.41) is 14.0. The van der Waals surface area contributed by atoms with Gasteiger partial charge in [-0.3, -0.25) is 4.99 Å². The molecule has 2 aliphatic heterocycles. The summed E-state index contributed by atoms with van der Waals surface area (Å²) in [7, 11) is 0. The van der Waals surface area contributed by atoms with Crippen LogP contribution in [0.25, 0.3) is 0 Å². The molecule has 3 aliphatic rings. The van der Waals surface area contributed by atoms with Gasteiger partial charge in [-0.25, -0.2) is 4.79 Å². The van der Waals surface area contributed by atoms with Gasteiger partial charge in [0.1, 0.15) is 5.60 Å². The summed E-state index contributed by atoms with van der Waals surface area (Å²) in [6.07, 6.45) is 4.91. The maximum absolute atomic E-state index is 12.8. The largest absolute Gasteiger partial charge is 0.444 e. The van der Waals surface area contributed by atoms with E-state index in [-0.39, 0.29) is 36.1 Å². The van der Waals surface area contributed by atoms with E-state index in [9.17, 15) is 9.90 Å². The standard InChI is InChI=1S/C22H40N4O3S.HI/c1-5-23-19(24-15-22(28)10-13-30-16-22)25-11-8-18(9-12-25)26(14-17-6-7-17)20(27)29-21(2,3)4;/h17-18,28H,5-16H2,1-4H3,(H,23,24);1H. The van der Waals surface area contributed by atoms with Gasteiger partial charge in [-0.05, 0) is 71.5 Å². The summed E-state index contributed by atoms with van der Waals surface area (Å²) in [5.41, 5.74) is -1.13. The lowest BCUT2D eigenvalue weighted by atomic mass is 10.0. The van der Waals surface area contributed by atoms with Crippen molar-refractivity contribution in [2.45, 2.75) is 77.0 Å². The molecule has 1 aliphatic carbocycles. The number of thioether (sulfide) groups is 1. The average Bonchev–Trinajstić information content (AvgIpc) is 3.41. The Morgan fingerprint density at radius 3 is 2.48 bits per heavy atom. The van der Waals surface area contributed by atoms with Crippen molar-refractivity contribution in [3.8, 4) is 0 Å². The Morgan fingerprint density at radius 1 is 1.29 bits per heavy atom. The second-order valence-electron chi connectivity index (χ2n) is 9.99. The van der Waals surface area contributed by atoms with Crippen LogP contribution in [0.5, 0.6) is 0 Å². The van der Waals surface area contributed by atoms with Crippen LogP contribution in [0.15, 0.2) is 4.99 Å². The van der Waals surface area contributed by atoms with Crippen LogP contribution in [-0.4, -0.2) is 88.4 Å². The Bertz CT molecular complexity index is 610. The van der Waals surface area contributed by atoms with Crippen molar-refractivity contribution < 1.29 is 14.6 Å². The minimum atomic E-state index is -0.665. The van der Waals surface area contributed by atoms with E-state index in [0.717, 1.165) is 62.9 Å². The highest BCUT2D eigenvalue weighted by Crippen LogP contribution is 2.32. The quantitative estimate of drug-likeness (QED) is 0.290. The van der Waals surface area contributed by atoms with Crippen molar-refractivity contribution in [2.24, 2.45) is 10.9 Å². The fourth-order valence-corrected chi connectivity index (χ4v) is 5.31. The summed E-state index contributed by atoms with van der Waals surface area (Å²) in [4.78, 5) is 21.9. The molecule has 0 spiro atoms. The number of carbonyl (C=O) groups excluding carboxylic acids is 1. The number of hydrogen-bond donors (Lipinski definition) is 2. The molecule has 3 fully saturated rings. The van der Waals surface area contributed by atoms with Crippen molar-refractivity contribution >= 4 is 47.8 Å². The minimum Gasteiger partial charge on any atom is -0.444 e. The maximum atomic E-state index is 12.8. The molecule has 1 amide bonds. The first kappa shape index (κ1) is 26.8. The van der Waals surface area contributed by atoms with Crippen LogP contribution in [0.4, 0.5) is 4.79 Å². The highest BCUT2D eigenvalue weighted by molar-refractivity contribution is 14.0. The zero-order chi connectivity index (χ0) is 21.8. The van der Waals surface area contributed by atoms with Crippen LogP contribution in [0, 0.1) is 5.92 Å². The summed E-state index contributed by atoms with van der Waals surface area (Å²) < 4.78 is 5.71. The molecule has 0 bridgehead atoms. The maximum Gasteiger partial charge on any atom is 0.410 e. The number of aliphatic hydroxyl groups is 1. The zero-order valence-electron chi connectivity index (χ0n) is 19.6. The van der Waals surface area contributed by atoms with Crippen LogP contribution < -0.4 is 5.32 Å². The number of halogens is 1. The molecule has 31 heavy (non-hydrogen) atoms. The number of rotatable bonds is 6. The van der Waals surface area contributed by atoms with E-state index in [0.29, 0.717) is 12.5 Å². The van der Waals surface area contributed by atoms with E-state index >= 15 is 0 Å². The Morgan fingerprint density at radius 2 is 1.97 bits per heavy atom. The van der Waals surface area contributed by atoms with Crippen molar-refractivity contribution in [3.63, 3.8) is 0 Å². The van der Waals surface area contributed by atoms with Crippen LogP contribution in [0.2, 0.25) is 0 Å². The first-order valence-electron chi connectivity index (χ1n) is 11.5. The first-order chi connectivity index (χ1) is 14.2. The molecule has 2 heterocycles. The Labute approximate surface area is 209 Å². The lowest BCUT2D eigenvalue weighted by Crippen LogP contribution is -2.53. The number of amides is 1. The third kappa shape index (κ3) is 8.46. The fraction of sp³-hybridized carbons (Fsp3) is 0.909. The fourth-order valence-electron chi connectivity index (χ4n) is 4.03. The van der Waals surface area contributed by atoms with Gasteiger partial charge >= 0.3 is 6.09 Å². The number of hydrogen-bond acceptors (Lipinski definition) is 5. The minimum absolute atomic E-state index is 0. The molecule has 2 N–H and O–H groups in total. The molecule has 2 saturated heterocycles. The number of nitrogens with one attached hydrogen (secondary N) is 1. The van der Waals surface area contributed by atoms with Crippen LogP contribution in [0.1, 0.15) is 59.8 Å². The predicted molar refractivity (Wildman–Crippen MR) is 139 cm³/mol. The van der Waals surface area contributed by atoms with Crippen molar-refractivity contribution in [1.29, 1.82) is 0 Å². The molecule has 7 nitrogen and oxygen atoms in total. The summed E-state index contributed by atoms with van der Waals surface area (Å²) in [6.45, 7) is 11.6. The van der Waals surface area contributed by atoms with Gasteiger partial charge in [0.15, 0.2) is 5.96 Å². The highest BCUT2D eigenvalue weighted by atomic mass is 127. The van der Waals surface area contributed by atoms with Crippen molar-refractivity contribution in [1.82, 2.24) is 15.1 Å². The molecular weight excluding hydrogens is 527 g/mol. The van der Waals surface area contributed by atoms with E-state index in [2.05, 4.69) is 17.1 Å². The molecule has 1 unspecified atom stereocenters. The summed E-state index contributed by atoms with van der Waals surface area (Å²) in [6, 6.07) is 0.218. The van der Waals surface area contributed by atoms with Gasteiger partial charge in [0.25, 0.3) is 0 Å². The molecule has 9 heteroatoms. The van der Waals surface area contributed by atoms with Crippen LogP contribution in [0.3, 0.4) is 0 Å². The van der Waals surface area contributed by atoms with Crippen molar-refractivity contribution in [3.05, 3.63) is 0 Å². The lowest BCUT2D eigenvalue weighted by molar-refractivity contribution is 0.00922. The molecule has 180 valence electrons. The van der Waals surface area contributed by atoms with E-state index in [1.807, 2.05) is 25.7 Å². The third-order valence-corrected chi connectivity index (χ3v) is 7.16. The van der Waals surface area contributed by atoms with E-state index in [1.165, 1.54) is 12.8 Å². The summed E-state index contributed by atoms with van der Waals surface area (Å²) in [5.74, 6) is 3.30. The molecule has 0 aromatic carbocycles. The number of nitrogens with zero attached hydrogens (tertiary/aromatic N) is 3. The number of aliphatic imine (C=N–C) groups is 1. The second-order valence-corrected chi connectivity index (χ2v) is 11.1.